The van der Waals surface area contributed by atoms with E-state index in [9.17, 15) is 9.59 Å². The number of aromatic amines is 1. The number of benzene rings is 1. The van der Waals surface area contributed by atoms with E-state index in [1.807, 2.05) is 0 Å². The summed E-state index contributed by atoms with van der Waals surface area (Å²) in [6, 6.07) is 4.80. The molecule has 1 heterocycles. The van der Waals surface area contributed by atoms with Crippen molar-refractivity contribution in [2.75, 3.05) is 0 Å². The third-order valence-electron chi connectivity index (χ3n) is 5.17. The maximum Gasteiger partial charge on any atom is 0.335 e. The number of carbonyl (C=O) groups is 1. The highest BCUT2D eigenvalue weighted by Crippen LogP contribution is 2.71. The summed E-state index contributed by atoms with van der Waals surface area (Å²) in [7, 11) is 0. The highest BCUT2D eigenvalue weighted by Gasteiger charge is 2.66. The quantitative estimate of drug-likeness (QED) is 0.884. The maximum absolute atomic E-state index is 12.2. The van der Waals surface area contributed by atoms with Gasteiger partial charge >= 0.3 is 11.7 Å². The molecule has 1 aromatic heterocycles. The van der Waals surface area contributed by atoms with Crippen molar-refractivity contribution in [1.29, 1.82) is 0 Å². The van der Waals surface area contributed by atoms with Crippen molar-refractivity contribution >= 4 is 17.0 Å². The lowest BCUT2D eigenvalue weighted by molar-refractivity contribution is 0.0697. The molecule has 3 rings (SSSR count). The molecule has 1 fully saturated rings. The topological polar surface area (TPSA) is 75.1 Å². The van der Waals surface area contributed by atoms with Crippen LogP contribution < -0.4 is 5.69 Å². The summed E-state index contributed by atoms with van der Waals surface area (Å²) in [4.78, 5) is 26.1. The number of rotatable bonds is 2. The predicted octanol–water partition coefficient (Wildman–Crippen LogP) is 2.63. The van der Waals surface area contributed by atoms with Crippen molar-refractivity contribution in [3.63, 3.8) is 0 Å². The number of nitrogens with zero attached hydrogens (tertiary/aromatic N) is 1. The van der Waals surface area contributed by atoms with Crippen LogP contribution >= 0.6 is 0 Å². The lowest BCUT2D eigenvalue weighted by atomic mass is 10.0. The van der Waals surface area contributed by atoms with E-state index < -0.39 is 5.97 Å². The Morgan fingerprint density at radius 3 is 2.35 bits per heavy atom. The van der Waals surface area contributed by atoms with Gasteiger partial charge in [0.25, 0.3) is 0 Å². The lowest BCUT2D eigenvalue weighted by Crippen LogP contribution is -2.18. The highest BCUT2D eigenvalue weighted by molar-refractivity contribution is 5.92. The van der Waals surface area contributed by atoms with Crippen molar-refractivity contribution in [2.24, 2.45) is 10.8 Å². The fourth-order valence-electron chi connectivity index (χ4n) is 3.32. The van der Waals surface area contributed by atoms with Crippen LogP contribution in [-0.2, 0) is 0 Å². The van der Waals surface area contributed by atoms with Crippen LogP contribution in [0.25, 0.3) is 11.0 Å². The first kappa shape index (κ1) is 13.0. The molecular formula is C15H18N2O3. The second kappa shape index (κ2) is 3.53. The molecule has 0 radical (unpaired) electrons. The molecule has 0 amide bonds. The van der Waals surface area contributed by atoms with Gasteiger partial charge in [0.15, 0.2) is 0 Å². The van der Waals surface area contributed by atoms with Gasteiger partial charge in [-0.1, -0.05) is 27.7 Å². The maximum atomic E-state index is 12.2. The summed E-state index contributed by atoms with van der Waals surface area (Å²) >= 11 is 0. The largest absolute Gasteiger partial charge is 0.478 e. The molecule has 0 unspecified atom stereocenters. The van der Waals surface area contributed by atoms with Gasteiger partial charge in [0, 0.05) is 0 Å². The smallest absolute Gasteiger partial charge is 0.335 e. The Balaban J connectivity index is 2.26. The number of imidazole rings is 1. The van der Waals surface area contributed by atoms with Crippen LogP contribution in [0.1, 0.15) is 44.1 Å². The Hall–Kier alpha value is -2.04. The average molecular weight is 274 g/mol. The zero-order valence-corrected chi connectivity index (χ0v) is 12.0. The van der Waals surface area contributed by atoms with Crippen molar-refractivity contribution < 1.29 is 9.90 Å². The van der Waals surface area contributed by atoms with Crippen LogP contribution in [0.4, 0.5) is 0 Å². The predicted molar refractivity (Wildman–Crippen MR) is 76.1 cm³/mol. The molecule has 106 valence electrons. The zero-order valence-electron chi connectivity index (χ0n) is 12.0. The van der Waals surface area contributed by atoms with E-state index in [-0.39, 0.29) is 28.1 Å². The second-order valence-corrected chi connectivity index (χ2v) is 6.68. The minimum absolute atomic E-state index is 0.00514. The fraction of sp³-hybridized carbons (Fsp3) is 0.467. The van der Waals surface area contributed by atoms with Gasteiger partial charge in [-0.25, -0.2) is 9.59 Å². The van der Waals surface area contributed by atoms with Gasteiger partial charge in [0.1, 0.15) is 0 Å². The van der Waals surface area contributed by atoms with Gasteiger partial charge in [-0.3, -0.25) is 4.57 Å². The number of H-pyrrole nitrogens is 1. The molecule has 2 N–H and O–H groups in total. The van der Waals surface area contributed by atoms with Crippen molar-refractivity contribution in [3.8, 4) is 0 Å². The molecule has 1 aromatic carbocycles. The Morgan fingerprint density at radius 1 is 1.25 bits per heavy atom. The number of aromatic nitrogens is 2. The molecule has 1 aliphatic rings. The van der Waals surface area contributed by atoms with Crippen molar-refractivity contribution in [2.45, 2.75) is 33.7 Å². The van der Waals surface area contributed by atoms with Gasteiger partial charge in [0.2, 0.25) is 0 Å². The van der Waals surface area contributed by atoms with E-state index in [0.29, 0.717) is 11.0 Å². The van der Waals surface area contributed by atoms with E-state index in [0.717, 1.165) is 0 Å². The van der Waals surface area contributed by atoms with E-state index in [1.165, 1.54) is 6.07 Å². The Morgan fingerprint density at radius 2 is 1.85 bits per heavy atom. The fourth-order valence-corrected chi connectivity index (χ4v) is 3.32. The molecule has 1 saturated carbocycles. The molecule has 5 heteroatoms. The van der Waals surface area contributed by atoms with E-state index in [4.69, 9.17) is 5.11 Å². The second-order valence-electron chi connectivity index (χ2n) is 6.68. The monoisotopic (exact) mass is 274 g/mol. The molecule has 2 aromatic rings. The summed E-state index contributed by atoms with van der Waals surface area (Å²) in [5.41, 5.74) is 1.38. The molecule has 0 saturated heterocycles. The Labute approximate surface area is 116 Å². The van der Waals surface area contributed by atoms with Gasteiger partial charge in [-0.15, -0.1) is 0 Å². The number of hydrogen-bond acceptors (Lipinski definition) is 2. The summed E-state index contributed by atoms with van der Waals surface area (Å²) < 4.78 is 1.71. The molecule has 5 nitrogen and oxygen atoms in total. The van der Waals surface area contributed by atoms with Gasteiger partial charge in [-0.05, 0) is 29.0 Å². The average Bonchev–Trinajstić information content (AvgIpc) is 2.63. The summed E-state index contributed by atoms with van der Waals surface area (Å²) in [5, 5.41) is 9.10. The SMILES string of the molecule is CC1(C)C(n2c(=O)[nH]c3ccc(C(=O)O)cc32)C1(C)C. The number of carboxylic acids is 1. The zero-order chi connectivity index (χ0) is 14.9. The normalized spacial score (nSPS) is 20.2. The van der Waals surface area contributed by atoms with Gasteiger partial charge in [-0.2, -0.15) is 0 Å². The van der Waals surface area contributed by atoms with Gasteiger partial charge in [0.05, 0.1) is 22.6 Å². The van der Waals surface area contributed by atoms with E-state index in [1.54, 1.807) is 16.7 Å². The number of nitrogens with one attached hydrogen (secondary N) is 1. The molecule has 0 spiro atoms. The van der Waals surface area contributed by atoms with Crippen LogP contribution in [-0.4, -0.2) is 20.6 Å². The van der Waals surface area contributed by atoms with Crippen LogP contribution in [0, 0.1) is 10.8 Å². The number of hydrogen-bond donors (Lipinski definition) is 2. The van der Waals surface area contributed by atoms with E-state index in [2.05, 4.69) is 32.7 Å². The summed E-state index contributed by atoms with van der Waals surface area (Å²) in [5.74, 6) is -0.985. The summed E-state index contributed by atoms with van der Waals surface area (Å²) in [6.07, 6.45) is 0. The Kier molecular flexibility index (Phi) is 2.29. The standard InChI is InChI=1S/C15H18N2O3/c1-14(2)12(15(14,3)4)17-10-7-8(11(18)19)5-6-9(10)16-13(17)20/h5-7,12H,1-4H3,(H,16,20)(H,18,19). The van der Waals surface area contributed by atoms with Crippen molar-refractivity contribution in [3.05, 3.63) is 34.2 Å². The van der Waals surface area contributed by atoms with Crippen LogP contribution in [0.5, 0.6) is 0 Å². The first-order valence-electron chi connectivity index (χ1n) is 6.65. The highest BCUT2D eigenvalue weighted by atomic mass is 16.4. The third-order valence-corrected chi connectivity index (χ3v) is 5.17. The first-order valence-corrected chi connectivity index (χ1v) is 6.65. The molecular weight excluding hydrogens is 256 g/mol. The van der Waals surface area contributed by atoms with E-state index >= 15 is 0 Å². The van der Waals surface area contributed by atoms with Crippen LogP contribution in [0.3, 0.4) is 0 Å². The Bertz CT molecular complexity index is 766. The number of aromatic carboxylic acids is 1. The molecule has 20 heavy (non-hydrogen) atoms. The van der Waals surface area contributed by atoms with Crippen molar-refractivity contribution in [1.82, 2.24) is 9.55 Å². The van der Waals surface area contributed by atoms with Crippen LogP contribution in [0.15, 0.2) is 23.0 Å². The third kappa shape index (κ3) is 1.43. The van der Waals surface area contributed by atoms with Crippen LogP contribution in [0.2, 0.25) is 0 Å². The number of carboxylic acid groups (broad SMARTS) is 1. The minimum atomic E-state index is -0.985. The summed E-state index contributed by atoms with van der Waals surface area (Å²) in [6.45, 7) is 8.52. The first-order chi connectivity index (χ1) is 9.18. The minimum Gasteiger partial charge on any atom is -0.478 e. The lowest BCUT2D eigenvalue weighted by Gasteiger charge is -2.05. The number of fused-ring (bicyclic) bond motifs is 1. The molecule has 0 bridgehead atoms. The molecule has 0 atom stereocenters. The molecule has 0 aliphatic heterocycles. The molecule has 1 aliphatic carbocycles. The van der Waals surface area contributed by atoms with Gasteiger partial charge < -0.3 is 10.1 Å².